The molecule has 1 atom stereocenters. The van der Waals surface area contributed by atoms with Crippen molar-refractivity contribution in [1.82, 2.24) is 10.6 Å². The number of carbonyl (C=O) groups is 1. The molecule has 1 amide bonds. The molecule has 3 N–H and O–H groups in total. The lowest BCUT2D eigenvalue weighted by Crippen LogP contribution is -2.45. The smallest absolute Gasteiger partial charge is 0.256 e. The van der Waals surface area contributed by atoms with Gasteiger partial charge in [0.2, 0.25) is 0 Å². The van der Waals surface area contributed by atoms with E-state index in [0.717, 1.165) is 33.7 Å². The summed E-state index contributed by atoms with van der Waals surface area (Å²) >= 11 is 5.51. The largest absolute Gasteiger partial charge is 0.496 e. The lowest BCUT2D eigenvalue weighted by Gasteiger charge is -2.32. The normalized spacial score (nSPS) is 15.6. The molecule has 6 heteroatoms. The van der Waals surface area contributed by atoms with Crippen LogP contribution in [0.3, 0.4) is 0 Å². The van der Waals surface area contributed by atoms with Crippen molar-refractivity contribution in [3.63, 3.8) is 0 Å². The third kappa shape index (κ3) is 4.50. The molecule has 0 aromatic heterocycles. The summed E-state index contributed by atoms with van der Waals surface area (Å²) < 4.78 is 5.52. The minimum absolute atomic E-state index is 0.209. The molecule has 4 rings (SSSR count). The van der Waals surface area contributed by atoms with Crippen molar-refractivity contribution in [2.45, 2.75) is 19.9 Å². The number of benzene rings is 3. The van der Waals surface area contributed by atoms with Crippen LogP contribution in [-0.2, 0) is 4.79 Å². The Morgan fingerprint density at radius 2 is 1.72 bits per heavy atom. The average Bonchev–Trinajstić information content (AvgIpc) is 2.81. The van der Waals surface area contributed by atoms with Gasteiger partial charge in [0, 0.05) is 5.69 Å². The lowest BCUT2D eigenvalue weighted by molar-refractivity contribution is -0.113. The van der Waals surface area contributed by atoms with E-state index < -0.39 is 6.04 Å². The van der Waals surface area contributed by atoms with Gasteiger partial charge in [0.25, 0.3) is 5.91 Å². The molecule has 162 valence electrons. The van der Waals surface area contributed by atoms with E-state index in [1.165, 1.54) is 0 Å². The van der Waals surface area contributed by atoms with Crippen LogP contribution >= 0.6 is 12.2 Å². The van der Waals surface area contributed by atoms with E-state index in [1.54, 1.807) is 7.11 Å². The monoisotopic (exact) mass is 443 g/mol. The first-order chi connectivity index (χ1) is 15.5. The molecule has 1 heterocycles. The molecule has 0 unspecified atom stereocenters. The number of thiocarbonyl (C=S) groups is 1. The van der Waals surface area contributed by atoms with Crippen molar-refractivity contribution < 1.29 is 9.53 Å². The molecule has 3 aromatic rings. The van der Waals surface area contributed by atoms with Crippen LogP contribution < -0.4 is 20.7 Å². The first-order valence-corrected chi connectivity index (χ1v) is 10.8. The second-order valence-electron chi connectivity index (χ2n) is 7.74. The van der Waals surface area contributed by atoms with Gasteiger partial charge in [-0.2, -0.15) is 0 Å². The van der Waals surface area contributed by atoms with E-state index in [1.807, 2.05) is 86.6 Å². The lowest BCUT2D eigenvalue weighted by atomic mass is 9.91. The molecular formula is C26H25N3O2S. The van der Waals surface area contributed by atoms with E-state index in [2.05, 4.69) is 16.0 Å². The quantitative estimate of drug-likeness (QED) is 0.491. The molecule has 5 nitrogen and oxygen atoms in total. The van der Waals surface area contributed by atoms with Gasteiger partial charge in [-0.3, -0.25) is 4.79 Å². The van der Waals surface area contributed by atoms with E-state index in [9.17, 15) is 4.79 Å². The SMILES string of the molecule is COc1cc([C@@H]2NC(=S)NC(c3ccccc3)=C2C(=O)Nc2ccc(C)cc2)ccc1C. The maximum absolute atomic E-state index is 13.6. The summed E-state index contributed by atoms with van der Waals surface area (Å²) in [5, 5.41) is 9.98. The Morgan fingerprint density at radius 3 is 2.41 bits per heavy atom. The number of carbonyl (C=O) groups excluding carboxylic acids is 1. The van der Waals surface area contributed by atoms with Gasteiger partial charge in [0.15, 0.2) is 5.11 Å². The van der Waals surface area contributed by atoms with Crippen molar-refractivity contribution >= 4 is 34.6 Å². The minimum atomic E-state index is -0.445. The van der Waals surface area contributed by atoms with Crippen LogP contribution in [0.4, 0.5) is 5.69 Å². The summed E-state index contributed by atoms with van der Waals surface area (Å²) in [7, 11) is 1.64. The van der Waals surface area contributed by atoms with E-state index in [0.29, 0.717) is 16.4 Å². The number of hydrogen-bond acceptors (Lipinski definition) is 3. The molecule has 0 fully saturated rings. The van der Waals surface area contributed by atoms with Gasteiger partial charge in [0.1, 0.15) is 5.75 Å². The van der Waals surface area contributed by atoms with Crippen molar-refractivity contribution in [3.8, 4) is 5.75 Å². The molecule has 32 heavy (non-hydrogen) atoms. The van der Waals surface area contributed by atoms with Gasteiger partial charge in [-0.25, -0.2) is 0 Å². The highest BCUT2D eigenvalue weighted by Gasteiger charge is 2.32. The molecular weight excluding hydrogens is 418 g/mol. The van der Waals surface area contributed by atoms with Crippen LogP contribution in [0, 0.1) is 13.8 Å². The molecule has 0 aliphatic carbocycles. The maximum atomic E-state index is 13.6. The summed E-state index contributed by atoms with van der Waals surface area (Å²) in [5.41, 5.74) is 5.88. The molecule has 0 saturated heterocycles. The van der Waals surface area contributed by atoms with Crippen LogP contribution in [0.5, 0.6) is 5.75 Å². The fraction of sp³-hybridized carbons (Fsp3) is 0.154. The van der Waals surface area contributed by atoms with Gasteiger partial charge in [-0.05, 0) is 61.0 Å². The summed E-state index contributed by atoms with van der Waals surface area (Å²) in [4.78, 5) is 13.6. The van der Waals surface area contributed by atoms with Crippen molar-refractivity contribution in [1.29, 1.82) is 0 Å². The highest BCUT2D eigenvalue weighted by molar-refractivity contribution is 7.80. The Labute approximate surface area is 193 Å². The topological polar surface area (TPSA) is 62.4 Å². The summed E-state index contributed by atoms with van der Waals surface area (Å²) in [6.45, 7) is 4.00. The predicted octanol–water partition coefficient (Wildman–Crippen LogP) is 4.88. The Hall–Kier alpha value is -3.64. The second kappa shape index (κ2) is 9.24. The summed E-state index contributed by atoms with van der Waals surface area (Å²) in [5.74, 6) is 0.549. The Balaban J connectivity index is 1.84. The molecule has 0 spiro atoms. The van der Waals surface area contributed by atoms with Gasteiger partial charge >= 0.3 is 0 Å². The van der Waals surface area contributed by atoms with E-state index in [-0.39, 0.29) is 5.91 Å². The van der Waals surface area contributed by atoms with Crippen LogP contribution in [0.25, 0.3) is 5.70 Å². The number of nitrogens with one attached hydrogen (secondary N) is 3. The van der Waals surface area contributed by atoms with E-state index in [4.69, 9.17) is 17.0 Å². The highest BCUT2D eigenvalue weighted by atomic mass is 32.1. The van der Waals surface area contributed by atoms with Crippen LogP contribution in [0.15, 0.2) is 78.4 Å². The molecule has 1 aliphatic heterocycles. The first kappa shape index (κ1) is 21.6. The first-order valence-electron chi connectivity index (χ1n) is 10.4. The standard InChI is InChI=1S/C26H25N3O2S/c1-16-9-13-20(14-10-16)27-25(30)22-23(18-7-5-4-6-8-18)28-26(32)29-24(22)19-12-11-17(2)21(15-19)31-3/h4-15,24H,1-3H3,(H,27,30)(H2,28,29,32)/t24-/m0/s1. The van der Waals surface area contributed by atoms with Crippen LogP contribution in [0.1, 0.15) is 28.3 Å². The van der Waals surface area contributed by atoms with Gasteiger partial charge in [0.05, 0.1) is 24.4 Å². The number of rotatable bonds is 5. The second-order valence-corrected chi connectivity index (χ2v) is 8.14. The van der Waals surface area contributed by atoms with Crippen LogP contribution in [0.2, 0.25) is 0 Å². The highest BCUT2D eigenvalue weighted by Crippen LogP contribution is 2.34. The van der Waals surface area contributed by atoms with Gasteiger partial charge in [-0.15, -0.1) is 0 Å². The summed E-state index contributed by atoms with van der Waals surface area (Å²) in [6, 6.07) is 23.0. The Bertz CT molecular complexity index is 1190. The Kier molecular flexibility index (Phi) is 6.23. The zero-order valence-corrected chi connectivity index (χ0v) is 19.0. The fourth-order valence-electron chi connectivity index (χ4n) is 3.74. The third-order valence-corrected chi connectivity index (χ3v) is 5.67. The molecule has 0 radical (unpaired) electrons. The fourth-order valence-corrected chi connectivity index (χ4v) is 3.96. The molecule has 0 bridgehead atoms. The number of methoxy groups -OCH3 is 1. The number of anilines is 1. The summed E-state index contributed by atoms with van der Waals surface area (Å²) in [6.07, 6.45) is 0. The predicted molar refractivity (Wildman–Crippen MR) is 133 cm³/mol. The number of amides is 1. The Morgan fingerprint density at radius 1 is 1.00 bits per heavy atom. The number of ether oxygens (including phenoxy) is 1. The zero-order valence-electron chi connectivity index (χ0n) is 18.2. The van der Waals surface area contributed by atoms with Crippen molar-refractivity contribution in [3.05, 3.63) is 101 Å². The third-order valence-electron chi connectivity index (χ3n) is 5.45. The number of aryl methyl sites for hydroxylation is 2. The number of hydrogen-bond donors (Lipinski definition) is 3. The molecule has 1 aliphatic rings. The molecule has 0 saturated carbocycles. The molecule has 3 aromatic carbocycles. The van der Waals surface area contributed by atoms with Gasteiger partial charge in [-0.1, -0.05) is 60.2 Å². The maximum Gasteiger partial charge on any atom is 0.256 e. The zero-order chi connectivity index (χ0) is 22.7. The van der Waals surface area contributed by atoms with Crippen molar-refractivity contribution in [2.24, 2.45) is 0 Å². The van der Waals surface area contributed by atoms with Gasteiger partial charge < -0.3 is 20.7 Å². The average molecular weight is 444 g/mol. The van der Waals surface area contributed by atoms with Crippen molar-refractivity contribution in [2.75, 3.05) is 12.4 Å². The van der Waals surface area contributed by atoms with Crippen LogP contribution in [-0.4, -0.2) is 18.1 Å². The van der Waals surface area contributed by atoms with E-state index >= 15 is 0 Å². The minimum Gasteiger partial charge on any atom is -0.496 e.